The molecule has 0 amide bonds. The van der Waals surface area contributed by atoms with Gasteiger partial charge in [-0.15, -0.1) is 0 Å². The maximum atomic E-state index is 13.7. The van der Waals surface area contributed by atoms with Gasteiger partial charge in [0, 0.05) is 24.8 Å². The van der Waals surface area contributed by atoms with Crippen LogP contribution in [-0.2, 0) is 4.74 Å². The first-order chi connectivity index (χ1) is 8.88. The number of ether oxygens (including phenoxy) is 1. The van der Waals surface area contributed by atoms with Gasteiger partial charge >= 0.3 is 0 Å². The van der Waals surface area contributed by atoms with E-state index in [9.17, 15) is 4.39 Å². The average Bonchev–Trinajstić information content (AvgIpc) is 2.30. The molecule has 1 heterocycles. The molecular formula is C15H23FN2O. The quantitative estimate of drug-likeness (QED) is 0.894. The van der Waals surface area contributed by atoms with Crippen LogP contribution in [0, 0.1) is 12.7 Å². The number of morpholine rings is 1. The predicted octanol–water partition coefficient (Wildman–Crippen LogP) is 2.77. The van der Waals surface area contributed by atoms with Gasteiger partial charge < -0.3 is 15.4 Å². The number of nitrogens with zero attached hydrogens (tertiary/aromatic N) is 1. The molecule has 1 saturated heterocycles. The monoisotopic (exact) mass is 266 g/mol. The summed E-state index contributed by atoms with van der Waals surface area (Å²) < 4.78 is 19.5. The molecule has 1 aromatic carbocycles. The molecule has 0 aromatic heterocycles. The molecule has 3 atom stereocenters. The molecule has 19 heavy (non-hydrogen) atoms. The maximum Gasteiger partial charge on any atom is 0.126 e. The lowest BCUT2D eigenvalue weighted by Gasteiger charge is -2.38. The van der Waals surface area contributed by atoms with Gasteiger partial charge in [0.2, 0.25) is 0 Å². The van der Waals surface area contributed by atoms with E-state index in [-0.39, 0.29) is 24.1 Å². The van der Waals surface area contributed by atoms with E-state index in [0.29, 0.717) is 5.56 Å². The fourth-order valence-corrected chi connectivity index (χ4v) is 2.69. The van der Waals surface area contributed by atoms with Crippen LogP contribution in [0.3, 0.4) is 0 Å². The van der Waals surface area contributed by atoms with Crippen LogP contribution < -0.4 is 10.6 Å². The summed E-state index contributed by atoms with van der Waals surface area (Å²) in [4.78, 5) is 2.25. The van der Waals surface area contributed by atoms with Crippen LogP contribution in [0.15, 0.2) is 12.1 Å². The molecule has 1 aliphatic heterocycles. The lowest BCUT2D eigenvalue weighted by molar-refractivity contribution is -0.00528. The van der Waals surface area contributed by atoms with Crippen molar-refractivity contribution < 1.29 is 9.13 Å². The number of nitrogens with two attached hydrogens (primary N) is 1. The molecule has 0 aliphatic carbocycles. The highest BCUT2D eigenvalue weighted by atomic mass is 19.1. The maximum absolute atomic E-state index is 13.7. The van der Waals surface area contributed by atoms with Crippen molar-refractivity contribution in [2.75, 3.05) is 18.0 Å². The van der Waals surface area contributed by atoms with Crippen LogP contribution in [0.1, 0.15) is 37.9 Å². The van der Waals surface area contributed by atoms with Crippen LogP contribution in [0.5, 0.6) is 0 Å². The van der Waals surface area contributed by atoms with E-state index < -0.39 is 0 Å². The zero-order chi connectivity index (χ0) is 14.2. The number of anilines is 1. The minimum atomic E-state index is -0.189. The van der Waals surface area contributed by atoms with E-state index >= 15 is 0 Å². The Morgan fingerprint density at radius 1 is 1.32 bits per heavy atom. The summed E-state index contributed by atoms with van der Waals surface area (Å²) in [6.07, 6.45) is 0.352. The number of halogens is 1. The minimum absolute atomic E-state index is 0.176. The SMILES string of the molecule is Cc1cc(N2C[C@@H](C)O[C@@H](C)C2)c([C@H](C)N)cc1F. The van der Waals surface area contributed by atoms with Crippen LogP contribution in [-0.4, -0.2) is 25.3 Å². The van der Waals surface area contributed by atoms with Gasteiger partial charge in [-0.2, -0.15) is 0 Å². The first-order valence-corrected chi connectivity index (χ1v) is 6.84. The highest BCUT2D eigenvalue weighted by Crippen LogP contribution is 2.30. The van der Waals surface area contributed by atoms with Gasteiger partial charge in [0.25, 0.3) is 0 Å². The van der Waals surface area contributed by atoms with Crippen molar-refractivity contribution in [2.45, 2.75) is 45.9 Å². The summed E-state index contributed by atoms with van der Waals surface area (Å²) in [6, 6.07) is 3.29. The third-order valence-corrected chi connectivity index (χ3v) is 3.56. The standard InChI is InChI=1S/C15H23FN2O/c1-9-5-15(13(12(4)17)6-14(9)16)18-7-10(2)19-11(3)8-18/h5-6,10-12H,7-8,17H2,1-4H3/t10-,11+,12-/m0/s1. The zero-order valence-electron chi connectivity index (χ0n) is 12.1. The average molecular weight is 266 g/mol. The second-order valence-electron chi connectivity index (χ2n) is 5.61. The fourth-order valence-electron chi connectivity index (χ4n) is 2.69. The van der Waals surface area contributed by atoms with Gasteiger partial charge in [0.1, 0.15) is 5.82 Å². The Hall–Kier alpha value is -1.13. The van der Waals surface area contributed by atoms with Crippen LogP contribution >= 0.6 is 0 Å². The van der Waals surface area contributed by atoms with E-state index in [1.807, 2.05) is 13.0 Å². The largest absolute Gasteiger partial charge is 0.372 e. The summed E-state index contributed by atoms with van der Waals surface area (Å²) in [5.74, 6) is -0.189. The second kappa shape index (κ2) is 5.47. The van der Waals surface area contributed by atoms with E-state index in [2.05, 4.69) is 18.7 Å². The van der Waals surface area contributed by atoms with E-state index in [0.717, 1.165) is 24.3 Å². The molecule has 2 rings (SSSR count). The Labute approximate surface area is 114 Å². The summed E-state index contributed by atoms with van der Waals surface area (Å²) in [5.41, 5.74) is 8.55. The second-order valence-corrected chi connectivity index (χ2v) is 5.61. The molecule has 0 unspecified atom stereocenters. The van der Waals surface area contributed by atoms with Crippen molar-refractivity contribution in [3.8, 4) is 0 Å². The topological polar surface area (TPSA) is 38.5 Å². The minimum Gasteiger partial charge on any atom is -0.372 e. The third kappa shape index (κ3) is 3.07. The first-order valence-electron chi connectivity index (χ1n) is 6.84. The molecule has 0 saturated carbocycles. The Morgan fingerprint density at radius 3 is 2.42 bits per heavy atom. The number of aryl methyl sites for hydroxylation is 1. The molecule has 0 spiro atoms. The lowest BCUT2D eigenvalue weighted by Crippen LogP contribution is -2.46. The van der Waals surface area contributed by atoms with Gasteiger partial charge in [-0.25, -0.2) is 4.39 Å². The Kier molecular flexibility index (Phi) is 4.11. The zero-order valence-corrected chi connectivity index (χ0v) is 12.1. The molecule has 1 aliphatic rings. The lowest BCUT2D eigenvalue weighted by atomic mass is 10.0. The highest BCUT2D eigenvalue weighted by molar-refractivity contribution is 5.57. The molecule has 1 aromatic rings. The molecule has 2 N–H and O–H groups in total. The van der Waals surface area contributed by atoms with Crippen molar-refractivity contribution in [3.05, 3.63) is 29.1 Å². The van der Waals surface area contributed by atoms with Gasteiger partial charge in [-0.05, 0) is 51.0 Å². The van der Waals surface area contributed by atoms with Crippen molar-refractivity contribution in [1.82, 2.24) is 0 Å². The van der Waals surface area contributed by atoms with Crippen molar-refractivity contribution in [2.24, 2.45) is 5.73 Å². The number of hydrogen-bond donors (Lipinski definition) is 1. The van der Waals surface area contributed by atoms with E-state index in [1.54, 1.807) is 13.0 Å². The molecule has 0 bridgehead atoms. The van der Waals surface area contributed by atoms with Gasteiger partial charge in [-0.1, -0.05) is 0 Å². The molecule has 4 heteroatoms. The number of benzene rings is 1. The Bertz CT molecular complexity index is 452. The van der Waals surface area contributed by atoms with Gasteiger partial charge in [0.15, 0.2) is 0 Å². The van der Waals surface area contributed by atoms with Crippen LogP contribution in [0.4, 0.5) is 10.1 Å². The fraction of sp³-hybridized carbons (Fsp3) is 0.600. The summed E-state index contributed by atoms with van der Waals surface area (Å²) >= 11 is 0. The molecule has 0 radical (unpaired) electrons. The molecular weight excluding hydrogens is 243 g/mol. The van der Waals surface area contributed by atoms with Crippen molar-refractivity contribution in [1.29, 1.82) is 0 Å². The van der Waals surface area contributed by atoms with Crippen LogP contribution in [0.25, 0.3) is 0 Å². The summed E-state index contributed by atoms with van der Waals surface area (Å²) in [7, 11) is 0. The van der Waals surface area contributed by atoms with E-state index in [4.69, 9.17) is 10.5 Å². The Balaban J connectivity index is 2.40. The summed E-state index contributed by atoms with van der Waals surface area (Å²) in [6.45, 7) is 9.43. The smallest absolute Gasteiger partial charge is 0.126 e. The molecule has 1 fully saturated rings. The Morgan fingerprint density at radius 2 is 1.89 bits per heavy atom. The molecule has 106 valence electrons. The van der Waals surface area contributed by atoms with Crippen molar-refractivity contribution >= 4 is 5.69 Å². The normalized spacial score (nSPS) is 25.5. The van der Waals surface area contributed by atoms with Gasteiger partial charge in [0.05, 0.1) is 12.2 Å². The van der Waals surface area contributed by atoms with Gasteiger partial charge in [-0.3, -0.25) is 0 Å². The van der Waals surface area contributed by atoms with Crippen molar-refractivity contribution in [3.63, 3.8) is 0 Å². The number of rotatable bonds is 2. The van der Waals surface area contributed by atoms with Crippen LogP contribution in [0.2, 0.25) is 0 Å². The van der Waals surface area contributed by atoms with E-state index in [1.165, 1.54) is 0 Å². The third-order valence-electron chi connectivity index (χ3n) is 3.56. The number of hydrogen-bond acceptors (Lipinski definition) is 3. The highest BCUT2D eigenvalue weighted by Gasteiger charge is 2.25. The predicted molar refractivity (Wildman–Crippen MR) is 76.0 cm³/mol. The molecule has 3 nitrogen and oxygen atoms in total. The first kappa shape index (κ1) is 14.3. The summed E-state index contributed by atoms with van der Waals surface area (Å²) in [5, 5.41) is 0.